The highest BCUT2D eigenvalue weighted by atomic mass is 127. The van der Waals surface area contributed by atoms with Crippen molar-refractivity contribution in [3.8, 4) is 0 Å². The van der Waals surface area contributed by atoms with E-state index in [9.17, 15) is 5.11 Å². The topological polar surface area (TPSA) is 63.1 Å². The summed E-state index contributed by atoms with van der Waals surface area (Å²) < 4.78 is 0. The van der Waals surface area contributed by atoms with Crippen LogP contribution in [0.15, 0.2) is 4.99 Å². The Morgan fingerprint density at radius 2 is 1.81 bits per heavy atom. The van der Waals surface area contributed by atoms with Crippen molar-refractivity contribution in [1.29, 1.82) is 0 Å². The molecule has 2 rings (SSSR count). The van der Waals surface area contributed by atoms with Crippen molar-refractivity contribution in [2.24, 2.45) is 4.99 Å². The number of nitrogens with one attached hydrogen (secondary N) is 2. The average Bonchev–Trinajstić information content (AvgIpc) is 2.65. The average molecular weight is 495 g/mol. The van der Waals surface area contributed by atoms with Gasteiger partial charge in [0.05, 0.1) is 6.10 Å². The van der Waals surface area contributed by atoms with Crippen LogP contribution in [0.1, 0.15) is 58.8 Å². The Balaban J connectivity index is 0.00000364. The predicted molar refractivity (Wildman–Crippen MR) is 125 cm³/mol. The van der Waals surface area contributed by atoms with Crippen molar-refractivity contribution in [2.45, 2.75) is 70.9 Å². The number of likely N-dealkylation sites (tertiary alicyclic amines) is 2. The monoisotopic (exact) mass is 495 g/mol. The summed E-state index contributed by atoms with van der Waals surface area (Å²) in [5.41, 5.74) is 0. The fourth-order valence-corrected chi connectivity index (χ4v) is 3.95. The summed E-state index contributed by atoms with van der Waals surface area (Å²) in [6, 6.07) is 0.751. The van der Waals surface area contributed by atoms with Gasteiger partial charge in [-0.15, -0.1) is 24.0 Å². The maximum Gasteiger partial charge on any atom is 0.191 e. The molecule has 0 aromatic heterocycles. The van der Waals surface area contributed by atoms with Crippen molar-refractivity contribution in [2.75, 3.05) is 52.4 Å². The van der Waals surface area contributed by atoms with Crippen molar-refractivity contribution in [1.82, 2.24) is 20.4 Å². The van der Waals surface area contributed by atoms with E-state index in [1.165, 1.54) is 38.8 Å². The Morgan fingerprint density at radius 1 is 1.04 bits per heavy atom. The minimum absolute atomic E-state index is 0. The molecule has 0 aromatic rings. The van der Waals surface area contributed by atoms with E-state index in [4.69, 9.17) is 4.99 Å². The second-order valence-corrected chi connectivity index (χ2v) is 7.85. The van der Waals surface area contributed by atoms with E-state index in [-0.39, 0.29) is 30.1 Å². The number of aliphatic imine (C=N–C) groups is 1. The molecule has 2 aliphatic rings. The number of piperidine rings is 2. The van der Waals surface area contributed by atoms with E-state index < -0.39 is 0 Å². The fourth-order valence-electron chi connectivity index (χ4n) is 3.95. The van der Waals surface area contributed by atoms with E-state index >= 15 is 0 Å². The first-order valence-electron chi connectivity index (χ1n) is 10.9. The number of nitrogens with zero attached hydrogens (tertiary/aromatic N) is 3. The maximum absolute atomic E-state index is 9.56. The zero-order chi connectivity index (χ0) is 18.6. The van der Waals surface area contributed by atoms with Gasteiger partial charge in [0.2, 0.25) is 0 Å². The minimum atomic E-state index is -0.0817. The molecule has 2 aliphatic heterocycles. The molecule has 2 saturated heterocycles. The Morgan fingerprint density at radius 3 is 2.52 bits per heavy atom. The molecule has 0 amide bonds. The number of aliphatic hydroxyl groups is 1. The molecule has 1 atom stereocenters. The number of halogens is 1. The van der Waals surface area contributed by atoms with Gasteiger partial charge in [0.15, 0.2) is 5.96 Å². The Labute approximate surface area is 183 Å². The zero-order valence-electron chi connectivity index (χ0n) is 17.5. The van der Waals surface area contributed by atoms with Gasteiger partial charge in [-0.05, 0) is 65.5 Å². The molecule has 0 saturated carbocycles. The van der Waals surface area contributed by atoms with E-state index in [1.807, 2.05) is 0 Å². The lowest BCUT2D eigenvalue weighted by molar-refractivity contribution is 0.0824. The third-order valence-corrected chi connectivity index (χ3v) is 5.66. The number of hydrogen-bond donors (Lipinski definition) is 3. The lowest BCUT2D eigenvalue weighted by Gasteiger charge is -2.33. The van der Waals surface area contributed by atoms with Gasteiger partial charge < -0.3 is 25.5 Å². The Bertz CT molecular complexity index is 402. The molecule has 0 aromatic carbocycles. The van der Waals surface area contributed by atoms with Crippen LogP contribution >= 0.6 is 24.0 Å². The SMILES string of the molecule is CCNC(=NCCCN1CCC(O)CC1)NCCCN1CCCCC1C.I. The van der Waals surface area contributed by atoms with Crippen LogP contribution < -0.4 is 10.6 Å². The number of hydrogen-bond acceptors (Lipinski definition) is 4. The first kappa shape index (κ1) is 24.9. The molecule has 7 heteroatoms. The summed E-state index contributed by atoms with van der Waals surface area (Å²) in [6.07, 6.45) is 8.12. The smallest absolute Gasteiger partial charge is 0.191 e. The highest BCUT2D eigenvalue weighted by Gasteiger charge is 2.17. The van der Waals surface area contributed by atoms with Gasteiger partial charge in [-0.25, -0.2) is 0 Å². The molecule has 3 N–H and O–H groups in total. The van der Waals surface area contributed by atoms with Crippen molar-refractivity contribution >= 4 is 29.9 Å². The van der Waals surface area contributed by atoms with Crippen LogP contribution in [0.5, 0.6) is 0 Å². The normalized spacial score (nSPS) is 23.1. The lowest BCUT2D eigenvalue weighted by Crippen LogP contribution is -2.41. The summed E-state index contributed by atoms with van der Waals surface area (Å²) in [6.45, 7) is 12.8. The van der Waals surface area contributed by atoms with Gasteiger partial charge in [0.1, 0.15) is 0 Å². The van der Waals surface area contributed by atoms with Crippen LogP contribution in [0.2, 0.25) is 0 Å². The van der Waals surface area contributed by atoms with Crippen LogP contribution in [0.4, 0.5) is 0 Å². The van der Waals surface area contributed by atoms with Gasteiger partial charge in [-0.2, -0.15) is 0 Å². The van der Waals surface area contributed by atoms with Crippen LogP contribution in [-0.2, 0) is 0 Å². The summed E-state index contributed by atoms with van der Waals surface area (Å²) in [5.74, 6) is 0.952. The molecular formula is C20H42IN5O. The summed E-state index contributed by atoms with van der Waals surface area (Å²) in [4.78, 5) is 9.79. The quantitative estimate of drug-likeness (QED) is 0.198. The molecule has 2 fully saturated rings. The predicted octanol–water partition coefficient (Wildman–Crippen LogP) is 2.27. The van der Waals surface area contributed by atoms with Gasteiger partial charge in [0.25, 0.3) is 0 Å². The summed E-state index contributed by atoms with van der Waals surface area (Å²) in [7, 11) is 0. The fraction of sp³-hybridized carbons (Fsp3) is 0.950. The van der Waals surface area contributed by atoms with Gasteiger partial charge in [-0.1, -0.05) is 6.42 Å². The van der Waals surface area contributed by atoms with Crippen LogP contribution in [-0.4, -0.2) is 85.4 Å². The molecule has 0 spiro atoms. The van der Waals surface area contributed by atoms with E-state index in [1.54, 1.807) is 0 Å². The van der Waals surface area contributed by atoms with Crippen molar-refractivity contribution in [3.05, 3.63) is 0 Å². The van der Waals surface area contributed by atoms with E-state index in [2.05, 4.69) is 34.3 Å². The number of aliphatic hydroxyl groups excluding tert-OH is 1. The molecule has 1 unspecified atom stereocenters. The van der Waals surface area contributed by atoms with Crippen molar-refractivity contribution in [3.63, 3.8) is 0 Å². The lowest BCUT2D eigenvalue weighted by atomic mass is 10.0. The largest absolute Gasteiger partial charge is 0.393 e. The summed E-state index contributed by atoms with van der Waals surface area (Å²) in [5, 5.41) is 16.4. The maximum atomic E-state index is 9.56. The highest BCUT2D eigenvalue weighted by molar-refractivity contribution is 14.0. The van der Waals surface area contributed by atoms with Crippen LogP contribution in [0.3, 0.4) is 0 Å². The zero-order valence-corrected chi connectivity index (χ0v) is 19.8. The number of rotatable bonds is 9. The van der Waals surface area contributed by atoms with E-state index in [0.717, 1.165) is 70.5 Å². The van der Waals surface area contributed by atoms with Gasteiger partial charge in [-0.3, -0.25) is 4.99 Å². The standard InChI is InChI=1S/C20H41N5O.HI/c1-3-21-20(22-11-6-13-24-16-9-19(26)10-17-24)23-12-7-15-25-14-5-4-8-18(25)2;/h18-19,26H,3-17H2,1-2H3,(H2,21,22,23);1H. The molecule has 6 nitrogen and oxygen atoms in total. The second-order valence-electron chi connectivity index (χ2n) is 7.85. The number of guanidine groups is 1. The summed E-state index contributed by atoms with van der Waals surface area (Å²) >= 11 is 0. The highest BCUT2D eigenvalue weighted by Crippen LogP contribution is 2.16. The Hall–Kier alpha value is -0.120. The molecule has 27 heavy (non-hydrogen) atoms. The van der Waals surface area contributed by atoms with Gasteiger partial charge >= 0.3 is 0 Å². The minimum Gasteiger partial charge on any atom is -0.393 e. The second kappa shape index (κ2) is 14.8. The first-order chi connectivity index (χ1) is 12.7. The van der Waals surface area contributed by atoms with Crippen LogP contribution in [0, 0.1) is 0 Å². The van der Waals surface area contributed by atoms with Crippen molar-refractivity contribution < 1.29 is 5.11 Å². The molecular weight excluding hydrogens is 453 g/mol. The van der Waals surface area contributed by atoms with Crippen LogP contribution in [0.25, 0.3) is 0 Å². The molecule has 0 aliphatic carbocycles. The third kappa shape index (κ3) is 10.3. The molecule has 0 bridgehead atoms. The van der Waals surface area contributed by atoms with E-state index in [0.29, 0.717) is 0 Å². The molecule has 0 radical (unpaired) electrons. The Kier molecular flexibility index (Phi) is 13.7. The third-order valence-electron chi connectivity index (χ3n) is 5.66. The first-order valence-corrected chi connectivity index (χ1v) is 10.9. The molecule has 2 heterocycles. The molecule has 160 valence electrons. The van der Waals surface area contributed by atoms with Gasteiger partial charge in [0, 0.05) is 45.3 Å².